The minimum Gasteiger partial charge on any atom is -0.497 e. The third kappa shape index (κ3) is 6.57. The first kappa shape index (κ1) is 32.5. The van der Waals surface area contributed by atoms with Crippen LogP contribution in [0.5, 0.6) is 17.2 Å². The topological polar surface area (TPSA) is 165 Å². The maximum absolute atomic E-state index is 14.2. The van der Waals surface area contributed by atoms with Crippen molar-refractivity contribution < 1.29 is 28.9 Å². The number of nitro benzene ring substituents is 2. The van der Waals surface area contributed by atoms with Crippen LogP contribution in [0.25, 0.3) is 11.8 Å². The van der Waals surface area contributed by atoms with Crippen LogP contribution in [-0.2, 0) is 9.53 Å². The monoisotopic (exact) mass is 678 g/mol. The normalized spacial score (nSPS) is 14.1. The van der Waals surface area contributed by atoms with Gasteiger partial charge >= 0.3 is 11.7 Å². The van der Waals surface area contributed by atoms with Crippen molar-refractivity contribution in [2.75, 3.05) is 13.7 Å². The third-order valence-electron chi connectivity index (χ3n) is 7.52. The van der Waals surface area contributed by atoms with Gasteiger partial charge in [-0.3, -0.25) is 29.6 Å². The van der Waals surface area contributed by atoms with Crippen molar-refractivity contribution in [1.29, 1.82) is 0 Å². The van der Waals surface area contributed by atoms with E-state index < -0.39 is 38.8 Å². The number of aromatic nitrogens is 1. The Labute approximate surface area is 281 Å². The van der Waals surface area contributed by atoms with Crippen molar-refractivity contribution in [3.63, 3.8) is 0 Å². The Morgan fingerprint density at radius 2 is 1.69 bits per heavy atom. The van der Waals surface area contributed by atoms with Crippen molar-refractivity contribution in [3.8, 4) is 17.2 Å². The van der Waals surface area contributed by atoms with Crippen LogP contribution in [0, 0.1) is 20.2 Å². The van der Waals surface area contributed by atoms with Crippen LogP contribution < -0.4 is 24.4 Å². The summed E-state index contributed by atoms with van der Waals surface area (Å²) >= 11 is 1.13. The second kappa shape index (κ2) is 13.8. The number of rotatable bonds is 10. The van der Waals surface area contributed by atoms with Crippen LogP contribution in [-0.4, -0.2) is 34.1 Å². The lowest BCUT2D eigenvalue weighted by atomic mass is 9.93. The molecule has 246 valence electrons. The number of nitrogens with zero attached hydrogens (tertiary/aromatic N) is 4. The van der Waals surface area contributed by atoms with E-state index in [2.05, 4.69) is 0 Å². The standard InChI is InChI=1S/C35H26N4O9S/c1-3-47-34(41)30-31(22-10-5-4-6-11-22)36-35-37(32(30)23-12-8-13-25(19-23)46-2)33(40)29(49-35)18-21-9-7-14-26(17-21)48-28-16-15-24(38(42)43)20-27(28)39(44)45/h4-20,32H,3H2,1-2H3/b29-18+/t32-/m1/s1. The molecule has 0 fully saturated rings. The predicted octanol–water partition coefficient (Wildman–Crippen LogP) is 5.55. The molecule has 14 heteroatoms. The molecule has 0 saturated heterocycles. The fraction of sp³-hybridized carbons (Fsp3) is 0.114. The van der Waals surface area contributed by atoms with Gasteiger partial charge in [0.25, 0.3) is 11.2 Å². The lowest BCUT2D eigenvalue weighted by molar-refractivity contribution is -0.394. The molecular formula is C35H26N4O9S. The number of carbonyl (C=O) groups excluding carboxylic acids is 1. The summed E-state index contributed by atoms with van der Waals surface area (Å²) in [5, 5.41) is 22.8. The summed E-state index contributed by atoms with van der Waals surface area (Å²) in [7, 11) is 1.53. The SMILES string of the molecule is CCOC(=O)C1=C(c2ccccc2)N=c2s/c(=C/c3cccc(Oc4ccc([N+](=O)[O-])cc4[N+](=O)[O-])c3)c(=O)n2[C@@H]1c1cccc(OC)c1. The number of thiazole rings is 1. The number of nitro groups is 2. The molecule has 0 aliphatic carbocycles. The van der Waals surface area contributed by atoms with Crippen molar-refractivity contribution in [2.24, 2.45) is 4.99 Å². The van der Waals surface area contributed by atoms with Crippen LogP contribution in [0.15, 0.2) is 112 Å². The maximum atomic E-state index is 14.2. The quantitative estimate of drug-likeness (QED) is 0.105. The van der Waals surface area contributed by atoms with Gasteiger partial charge in [0, 0.05) is 11.6 Å². The van der Waals surface area contributed by atoms with Gasteiger partial charge in [-0.25, -0.2) is 9.79 Å². The summed E-state index contributed by atoms with van der Waals surface area (Å²) in [6, 6.07) is 24.9. The second-order valence-electron chi connectivity index (χ2n) is 10.5. The van der Waals surface area contributed by atoms with Crippen LogP contribution >= 0.6 is 11.3 Å². The Morgan fingerprint density at radius 1 is 0.939 bits per heavy atom. The van der Waals surface area contributed by atoms with Crippen molar-refractivity contribution in [3.05, 3.63) is 159 Å². The number of ether oxygens (including phenoxy) is 3. The van der Waals surface area contributed by atoms with Crippen LogP contribution in [0.4, 0.5) is 11.4 Å². The Bertz CT molecular complexity index is 2330. The highest BCUT2D eigenvalue weighted by atomic mass is 32.1. The molecule has 2 heterocycles. The molecule has 49 heavy (non-hydrogen) atoms. The Morgan fingerprint density at radius 3 is 2.41 bits per heavy atom. The number of hydrogen-bond acceptors (Lipinski definition) is 11. The number of esters is 1. The Balaban J connectivity index is 1.50. The van der Waals surface area contributed by atoms with Gasteiger partial charge in [0.05, 0.1) is 51.5 Å². The smallest absolute Gasteiger partial charge is 0.338 e. The molecule has 1 aliphatic rings. The first-order valence-corrected chi connectivity index (χ1v) is 15.6. The molecule has 5 aromatic rings. The van der Waals surface area contributed by atoms with E-state index in [1.54, 1.807) is 61.5 Å². The molecule has 0 radical (unpaired) electrons. The van der Waals surface area contributed by atoms with Crippen LogP contribution in [0.1, 0.15) is 29.7 Å². The second-order valence-corrected chi connectivity index (χ2v) is 11.6. The Hall–Kier alpha value is -6.41. The number of non-ortho nitro benzene ring substituents is 1. The molecular weight excluding hydrogens is 652 g/mol. The highest BCUT2D eigenvalue weighted by molar-refractivity contribution is 7.07. The lowest BCUT2D eigenvalue weighted by Crippen LogP contribution is -2.40. The number of carbonyl (C=O) groups is 1. The van der Waals surface area contributed by atoms with Gasteiger partial charge in [0.1, 0.15) is 11.5 Å². The summed E-state index contributed by atoms with van der Waals surface area (Å²) in [4.78, 5) is 54.3. The predicted molar refractivity (Wildman–Crippen MR) is 180 cm³/mol. The zero-order valence-electron chi connectivity index (χ0n) is 26.0. The largest absolute Gasteiger partial charge is 0.497 e. The third-order valence-corrected chi connectivity index (χ3v) is 8.50. The molecule has 1 atom stereocenters. The number of benzene rings is 4. The van der Waals surface area contributed by atoms with Crippen molar-refractivity contribution in [2.45, 2.75) is 13.0 Å². The number of hydrogen-bond donors (Lipinski definition) is 0. The zero-order chi connectivity index (χ0) is 34.7. The van der Waals surface area contributed by atoms with Crippen LogP contribution in [0.3, 0.4) is 0 Å². The Kier molecular flexibility index (Phi) is 9.13. The van der Waals surface area contributed by atoms with E-state index in [0.29, 0.717) is 37.5 Å². The molecule has 6 rings (SSSR count). The summed E-state index contributed by atoms with van der Waals surface area (Å²) in [6.07, 6.45) is 1.62. The molecule has 0 amide bonds. The van der Waals surface area contributed by atoms with Crippen LogP contribution in [0.2, 0.25) is 0 Å². The average Bonchev–Trinajstić information content (AvgIpc) is 3.41. The first-order valence-electron chi connectivity index (χ1n) is 14.8. The molecule has 0 saturated carbocycles. The number of methoxy groups -OCH3 is 1. The minimum absolute atomic E-state index is 0.112. The molecule has 4 aromatic carbocycles. The molecule has 0 spiro atoms. The molecule has 0 unspecified atom stereocenters. The van der Waals surface area contributed by atoms with Gasteiger partial charge in [-0.2, -0.15) is 0 Å². The van der Waals surface area contributed by atoms with E-state index in [9.17, 15) is 29.8 Å². The van der Waals surface area contributed by atoms with E-state index in [4.69, 9.17) is 19.2 Å². The van der Waals surface area contributed by atoms with Gasteiger partial charge in [0.2, 0.25) is 5.75 Å². The van der Waals surface area contributed by atoms with E-state index in [1.165, 1.54) is 11.7 Å². The van der Waals surface area contributed by atoms with Gasteiger partial charge in [-0.05, 0) is 54.5 Å². The lowest BCUT2D eigenvalue weighted by Gasteiger charge is -2.26. The van der Waals surface area contributed by atoms with Gasteiger partial charge in [0.15, 0.2) is 4.80 Å². The first-order chi connectivity index (χ1) is 23.7. The fourth-order valence-electron chi connectivity index (χ4n) is 5.36. The fourth-order valence-corrected chi connectivity index (χ4v) is 6.36. The van der Waals surface area contributed by atoms with E-state index in [-0.39, 0.29) is 23.7 Å². The molecule has 1 aliphatic heterocycles. The summed E-state index contributed by atoms with van der Waals surface area (Å²) in [6.45, 7) is 1.81. The maximum Gasteiger partial charge on any atom is 0.338 e. The minimum atomic E-state index is -0.903. The molecule has 1 aromatic heterocycles. The highest BCUT2D eigenvalue weighted by Gasteiger charge is 2.35. The average molecular weight is 679 g/mol. The molecule has 13 nitrogen and oxygen atoms in total. The highest BCUT2D eigenvalue weighted by Crippen LogP contribution is 2.37. The molecule has 0 N–H and O–H groups in total. The van der Waals surface area contributed by atoms with E-state index in [0.717, 1.165) is 29.5 Å². The van der Waals surface area contributed by atoms with Crippen molar-refractivity contribution >= 4 is 40.5 Å². The van der Waals surface area contributed by atoms with Crippen molar-refractivity contribution in [1.82, 2.24) is 4.57 Å². The van der Waals surface area contributed by atoms with Gasteiger partial charge < -0.3 is 14.2 Å². The van der Waals surface area contributed by atoms with E-state index >= 15 is 0 Å². The summed E-state index contributed by atoms with van der Waals surface area (Å²) in [5.74, 6) is -0.0717. The van der Waals surface area contributed by atoms with Gasteiger partial charge in [-0.15, -0.1) is 0 Å². The van der Waals surface area contributed by atoms with E-state index in [1.807, 2.05) is 30.3 Å². The zero-order valence-corrected chi connectivity index (χ0v) is 26.8. The molecule has 0 bridgehead atoms. The summed E-state index contributed by atoms with van der Waals surface area (Å²) in [5.41, 5.74) is 0.940. The number of fused-ring (bicyclic) bond motifs is 1. The summed E-state index contributed by atoms with van der Waals surface area (Å²) < 4.78 is 18.5. The van der Waals surface area contributed by atoms with Gasteiger partial charge in [-0.1, -0.05) is 65.9 Å².